The molecule has 3 nitrogen and oxygen atoms in total. The number of hydrogen-bond acceptors (Lipinski definition) is 2. The lowest BCUT2D eigenvalue weighted by molar-refractivity contribution is 0.439. The van der Waals surface area contributed by atoms with Crippen LogP contribution in [0.1, 0.15) is 43.8 Å². The van der Waals surface area contributed by atoms with Gasteiger partial charge in [0.2, 0.25) is 0 Å². The summed E-state index contributed by atoms with van der Waals surface area (Å²) in [5, 5.41) is 3.48. The average molecular weight is 205 g/mol. The predicted molar refractivity (Wildman–Crippen MR) is 59.9 cm³/mol. The standard InChI is InChI=1S/C12H19N3/c1-9-5-11(9)15-8-14-7-12(15)10-3-2-4-13-6-10/h7-11,13H,2-6H2,1H3. The van der Waals surface area contributed by atoms with E-state index < -0.39 is 0 Å². The monoisotopic (exact) mass is 205 g/mol. The molecule has 0 spiro atoms. The van der Waals surface area contributed by atoms with E-state index in [0.29, 0.717) is 5.92 Å². The Morgan fingerprint density at radius 1 is 1.53 bits per heavy atom. The fraction of sp³-hybridized carbons (Fsp3) is 0.750. The summed E-state index contributed by atoms with van der Waals surface area (Å²) in [7, 11) is 0. The third-order valence-corrected chi connectivity index (χ3v) is 3.84. The SMILES string of the molecule is CC1CC1n1cncc1C1CCCNC1. The Labute approximate surface area is 90.9 Å². The molecule has 0 bridgehead atoms. The van der Waals surface area contributed by atoms with Gasteiger partial charge in [0.15, 0.2) is 0 Å². The van der Waals surface area contributed by atoms with Crippen molar-refractivity contribution in [2.45, 2.75) is 38.1 Å². The third kappa shape index (κ3) is 1.69. The van der Waals surface area contributed by atoms with Crippen LogP contribution in [0.3, 0.4) is 0 Å². The van der Waals surface area contributed by atoms with Gasteiger partial charge in [0.25, 0.3) is 0 Å². The van der Waals surface area contributed by atoms with Crippen molar-refractivity contribution in [1.29, 1.82) is 0 Å². The maximum Gasteiger partial charge on any atom is 0.0950 e. The molecule has 1 N–H and O–H groups in total. The highest BCUT2D eigenvalue weighted by atomic mass is 15.1. The van der Waals surface area contributed by atoms with E-state index in [1.165, 1.54) is 31.5 Å². The second kappa shape index (κ2) is 3.63. The van der Waals surface area contributed by atoms with Crippen LogP contribution in [0.15, 0.2) is 12.5 Å². The molecule has 0 aromatic carbocycles. The van der Waals surface area contributed by atoms with Crippen molar-refractivity contribution in [1.82, 2.24) is 14.9 Å². The summed E-state index contributed by atoms with van der Waals surface area (Å²) in [4.78, 5) is 4.33. The van der Waals surface area contributed by atoms with Crippen molar-refractivity contribution in [3.05, 3.63) is 18.2 Å². The zero-order chi connectivity index (χ0) is 10.3. The molecule has 1 aliphatic heterocycles. The Morgan fingerprint density at radius 3 is 3.07 bits per heavy atom. The van der Waals surface area contributed by atoms with Crippen LogP contribution in [0.2, 0.25) is 0 Å². The molecule has 3 unspecified atom stereocenters. The molecule has 1 saturated heterocycles. The molecule has 15 heavy (non-hydrogen) atoms. The molecule has 2 heterocycles. The zero-order valence-electron chi connectivity index (χ0n) is 9.32. The van der Waals surface area contributed by atoms with Crippen LogP contribution in [0, 0.1) is 5.92 Å². The second-order valence-corrected chi connectivity index (χ2v) is 5.05. The lowest BCUT2D eigenvalue weighted by Crippen LogP contribution is -2.29. The van der Waals surface area contributed by atoms with Crippen molar-refractivity contribution in [3.63, 3.8) is 0 Å². The van der Waals surface area contributed by atoms with E-state index in [4.69, 9.17) is 0 Å². The van der Waals surface area contributed by atoms with E-state index in [1.807, 2.05) is 6.33 Å². The van der Waals surface area contributed by atoms with Gasteiger partial charge in [-0.15, -0.1) is 0 Å². The van der Waals surface area contributed by atoms with Gasteiger partial charge in [-0.05, 0) is 31.7 Å². The highest BCUT2D eigenvalue weighted by molar-refractivity contribution is 5.12. The number of aromatic nitrogens is 2. The molecule has 0 amide bonds. The molecular formula is C12H19N3. The van der Waals surface area contributed by atoms with E-state index in [-0.39, 0.29) is 0 Å². The average Bonchev–Trinajstić information content (AvgIpc) is 2.82. The number of nitrogens with zero attached hydrogens (tertiary/aromatic N) is 2. The minimum Gasteiger partial charge on any atom is -0.331 e. The van der Waals surface area contributed by atoms with Gasteiger partial charge in [0, 0.05) is 30.4 Å². The molecule has 2 fully saturated rings. The van der Waals surface area contributed by atoms with E-state index in [2.05, 4.69) is 28.0 Å². The molecule has 1 aromatic heterocycles. The van der Waals surface area contributed by atoms with Crippen LogP contribution in [0.4, 0.5) is 0 Å². The Morgan fingerprint density at radius 2 is 2.40 bits per heavy atom. The van der Waals surface area contributed by atoms with Gasteiger partial charge in [-0.25, -0.2) is 4.98 Å². The largest absolute Gasteiger partial charge is 0.331 e. The lowest BCUT2D eigenvalue weighted by atomic mass is 9.96. The van der Waals surface area contributed by atoms with Crippen molar-refractivity contribution >= 4 is 0 Å². The maximum atomic E-state index is 4.33. The second-order valence-electron chi connectivity index (χ2n) is 5.05. The number of rotatable bonds is 2. The third-order valence-electron chi connectivity index (χ3n) is 3.84. The topological polar surface area (TPSA) is 29.9 Å². The minimum atomic E-state index is 0.689. The van der Waals surface area contributed by atoms with E-state index in [0.717, 1.165) is 18.5 Å². The van der Waals surface area contributed by atoms with Gasteiger partial charge in [-0.3, -0.25) is 0 Å². The maximum absolute atomic E-state index is 4.33. The van der Waals surface area contributed by atoms with Gasteiger partial charge in [0.1, 0.15) is 0 Å². The molecule has 82 valence electrons. The van der Waals surface area contributed by atoms with Crippen molar-refractivity contribution in [3.8, 4) is 0 Å². The van der Waals surface area contributed by atoms with Crippen LogP contribution in [-0.4, -0.2) is 22.6 Å². The smallest absolute Gasteiger partial charge is 0.0950 e. The Hall–Kier alpha value is -0.830. The van der Waals surface area contributed by atoms with Crippen LogP contribution < -0.4 is 5.32 Å². The van der Waals surface area contributed by atoms with Gasteiger partial charge in [0.05, 0.1) is 6.33 Å². The molecule has 1 aliphatic carbocycles. The molecule has 3 rings (SSSR count). The number of imidazole rings is 1. The Balaban J connectivity index is 1.81. The van der Waals surface area contributed by atoms with Crippen LogP contribution in [0.5, 0.6) is 0 Å². The number of nitrogens with one attached hydrogen (secondary N) is 1. The van der Waals surface area contributed by atoms with Crippen molar-refractivity contribution in [2.24, 2.45) is 5.92 Å². The van der Waals surface area contributed by atoms with Crippen LogP contribution in [-0.2, 0) is 0 Å². The Bertz CT molecular complexity index is 338. The Kier molecular flexibility index (Phi) is 2.28. The van der Waals surface area contributed by atoms with E-state index in [1.54, 1.807) is 0 Å². The first kappa shape index (κ1) is 9.40. The summed E-state index contributed by atoms with van der Waals surface area (Å²) in [5.41, 5.74) is 1.46. The molecular weight excluding hydrogens is 186 g/mol. The molecule has 0 radical (unpaired) electrons. The molecule has 1 aromatic rings. The minimum absolute atomic E-state index is 0.689. The first-order valence-electron chi connectivity index (χ1n) is 6.08. The predicted octanol–water partition coefficient (Wildman–Crippen LogP) is 1.93. The van der Waals surface area contributed by atoms with Gasteiger partial charge in [-0.2, -0.15) is 0 Å². The summed E-state index contributed by atoms with van der Waals surface area (Å²) in [5.74, 6) is 1.54. The summed E-state index contributed by atoms with van der Waals surface area (Å²) in [6, 6.07) is 0.740. The summed E-state index contributed by atoms with van der Waals surface area (Å²) in [6.45, 7) is 4.64. The fourth-order valence-corrected chi connectivity index (χ4v) is 2.70. The molecule has 3 atom stereocenters. The fourth-order valence-electron chi connectivity index (χ4n) is 2.70. The van der Waals surface area contributed by atoms with Crippen LogP contribution >= 0.6 is 0 Å². The highest BCUT2D eigenvalue weighted by Gasteiger charge is 2.36. The van der Waals surface area contributed by atoms with Gasteiger partial charge >= 0.3 is 0 Å². The highest BCUT2D eigenvalue weighted by Crippen LogP contribution is 2.44. The van der Waals surface area contributed by atoms with Crippen LogP contribution in [0.25, 0.3) is 0 Å². The molecule has 1 saturated carbocycles. The zero-order valence-corrected chi connectivity index (χ0v) is 9.32. The first-order valence-corrected chi connectivity index (χ1v) is 6.08. The van der Waals surface area contributed by atoms with Gasteiger partial charge < -0.3 is 9.88 Å². The number of hydrogen-bond donors (Lipinski definition) is 1. The molecule has 2 aliphatic rings. The van der Waals surface area contributed by atoms with Crippen molar-refractivity contribution < 1.29 is 0 Å². The lowest BCUT2D eigenvalue weighted by Gasteiger charge is -2.23. The summed E-state index contributed by atoms with van der Waals surface area (Å²) >= 11 is 0. The van der Waals surface area contributed by atoms with E-state index in [9.17, 15) is 0 Å². The quantitative estimate of drug-likeness (QED) is 0.799. The van der Waals surface area contributed by atoms with Crippen molar-refractivity contribution in [2.75, 3.05) is 13.1 Å². The summed E-state index contributed by atoms with van der Waals surface area (Å²) in [6.07, 6.45) is 8.06. The van der Waals surface area contributed by atoms with E-state index >= 15 is 0 Å². The first-order chi connectivity index (χ1) is 7.36. The molecule has 3 heteroatoms. The number of piperidine rings is 1. The van der Waals surface area contributed by atoms with Gasteiger partial charge in [-0.1, -0.05) is 6.92 Å². The normalized spacial score (nSPS) is 35.4. The summed E-state index contributed by atoms with van der Waals surface area (Å²) < 4.78 is 2.42.